The summed E-state index contributed by atoms with van der Waals surface area (Å²) in [6, 6.07) is 4.93. The first kappa shape index (κ1) is 23.1. The molecular formula is C23H30N6O4. The van der Waals surface area contributed by atoms with Crippen LogP contribution in [0.3, 0.4) is 0 Å². The van der Waals surface area contributed by atoms with Crippen molar-refractivity contribution >= 4 is 11.7 Å². The molecule has 1 aromatic heterocycles. The van der Waals surface area contributed by atoms with Crippen LogP contribution in [0.5, 0.6) is 0 Å². The van der Waals surface area contributed by atoms with Gasteiger partial charge in [-0.1, -0.05) is 10.1 Å². The highest BCUT2D eigenvalue weighted by molar-refractivity contribution is 6.02. The lowest BCUT2D eigenvalue weighted by Gasteiger charge is -2.32. The van der Waals surface area contributed by atoms with Crippen LogP contribution < -0.4 is 0 Å². The first-order chi connectivity index (χ1) is 15.1. The van der Waals surface area contributed by atoms with Crippen LogP contribution in [0.15, 0.2) is 36.9 Å². The van der Waals surface area contributed by atoms with E-state index in [9.17, 15) is 20.8 Å². The molecule has 0 atom stereocenters. The standard InChI is InChI=1S/C23H30N6O4/c1-20(2)21(3,4)27(31)18(26(20)30)15-11-16(13-17(12-15)25-10-9-24-14-25)19-28(32)22(5,6)23(7,8)29(19)33/h9-14H,1-8H3. The summed E-state index contributed by atoms with van der Waals surface area (Å²) in [5.41, 5.74) is -2.82. The maximum atomic E-state index is 13.3. The lowest BCUT2D eigenvalue weighted by molar-refractivity contribution is -0.539. The molecule has 0 amide bonds. The monoisotopic (exact) mass is 454 g/mol. The second-order valence-electron chi connectivity index (χ2n) is 10.8. The van der Waals surface area contributed by atoms with Gasteiger partial charge in [-0.3, -0.25) is 9.48 Å². The topological polar surface area (TPSA) is 116 Å². The number of hydrogen-bond acceptors (Lipinski definition) is 5. The second-order valence-corrected chi connectivity index (χ2v) is 10.8. The fourth-order valence-corrected chi connectivity index (χ4v) is 4.12. The van der Waals surface area contributed by atoms with E-state index in [2.05, 4.69) is 4.98 Å². The average molecular weight is 455 g/mol. The summed E-state index contributed by atoms with van der Waals surface area (Å²) < 4.78 is 3.13. The lowest BCUT2D eigenvalue weighted by Crippen LogP contribution is -2.53. The zero-order valence-electron chi connectivity index (χ0n) is 20.3. The normalized spacial score (nSPS) is 23.1. The first-order valence-electron chi connectivity index (χ1n) is 10.8. The highest BCUT2D eigenvalue weighted by atomic mass is 16.5. The van der Waals surface area contributed by atoms with Gasteiger partial charge in [-0.15, -0.1) is 0 Å². The number of imidazole rings is 1. The van der Waals surface area contributed by atoms with Crippen molar-refractivity contribution in [2.45, 2.75) is 77.5 Å². The van der Waals surface area contributed by atoms with Crippen molar-refractivity contribution in [3.05, 3.63) is 58.5 Å². The van der Waals surface area contributed by atoms with Gasteiger partial charge in [-0.25, -0.2) is 4.98 Å². The van der Waals surface area contributed by atoms with Crippen LogP contribution in [-0.2, 0) is 10.4 Å². The number of hydroxylamine groups is 6. The summed E-state index contributed by atoms with van der Waals surface area (Å²) in [7, 11) is 0. The molecule has 0 aliphatic carbocycles. The van der Waals surface area contributed by atoms with E-state index in [1.807, 2.05) is 0 Å². The number of benzene rings is 1. The largest absolute Gasteiger partial charge is 0.714 e. The van der Waals surface area contributed by atoms with Crippen molar-refractivity contribution in [1.29, 1.82) is 0 Å². The van der Waals surface area contributed by atoms with E-state index >= 15 is 0 Å². The third-order valence-corrected chi connectivity index (χ3v) is 8.03. The molecule has 2 radical (unpaired) electrons. The van der Waals surface area contributed by atoms with E-state index < -0.39 is 22.2 Å². The SMILES string of the molecule is CC1(C)N([O])C(c2cc(C3=[N+]([O-])C(C)(C)C(C)(C)N3[O])cc(-n3ccnc3)c2)=[N+]([O-])C1(C)C. The zero-order valence-corrected chi connectivity index (χ0v) is 20.3. The molecular weight excluding hydrogens is 424 g/mol. The summed E-state index contributed by atoms with van der Waals surface area (Å²) in [5, 5.41) is 54.6. The molecule has 0 bridgehead atoms. The fourth-order valence-electron chi connectivity index (χ4n) is 4.12. The molecule has 0 fully saturated rings. The number of amidine groups is 2. The Morgan fingerprint density at radius 2 is 1.18 bits per heavy atom. The summed E-state index contributed by atoms with van der Waals surface area (Å²) in [5.74, 6) is -0.138. The van der Waals surface area contributed by atoms with Crippen LogP contribution in [0.25, 0.3) is 5.69 Å². The fraction of sp³-hybridized carbons (Fsp3) is 0.522. The van der Waals surface area contributed by atoms with Gasteiger partial charge in [0.15, 0.2) is 11.1 Å². The molecule has 4 rings (SSSR count). The number of rotatable bonds is 3. The third-order valence-electron chi connectivity index (χ3n) is 8.03. The highest BCUT2D eigenvalue weighted by Crippen LogP contribution is 2.40. The molecule has 33 heavy (non-hydrogen) atoms. The van der Waals surface area contributed by atoms with Crippen molar-refractivity contribution in [3.8, 4) is 5.69 Å². The maximum absolute atomic E-state index is 13.3. The van der Waals surface area contributed by atoms with E-state index in [4.69, 9.17) is 0 Å². The van der Waals surface area contributed by atoms with Gasteiger partial charge in [-0.2, -0.15) is 0 Å². The van der Waals surface area contributed by atoms with Crippen LogP contribution in [-0.4, -0.2) is 63.0 Å². The smallest absolute Gasteiger partial charge is 0.316 e. The van der Waals surface area contributed by atoms with Gasteiger partial charge in [0.2, 0.25) is 0 Å². The van der Waals surface area contributed by atoms with E-state index in [-0.39, 0.29) is 11.7 Å². The molecule has 3 heterocycles. The van der Waals surface area contributed by atoms with Gasteiger partial charge in [0.1, 0.15) is 11.1 Å². The Bertz CT molecular complexity index is 1110. The minimum Gasteiger partial charge on any atom is -0.714 e. The van der Waals surface area contributed by atoms with Crippen molar-refractivity contribution in [3.63, 3.8) is 0 Å². The Labute approximate surface area is 193 Å². The predicted molar refractivity (Wildman–Crippen MR) is 120 cm³/mol. The quantitative estimate of drug-likeness (QED) is 0.522. The van der Waals surface area contributed by atoms with Crippen LogP contribution in [0.1, 0.15) is 66.5 Å². The summed E-state index contributed by atoms with van der Waals surface area (Å²) >= 11 is 0. The van der Waals surface area contributed by atoms with Crippen LogP contribution in [0.4, 0.5) is 0 Å². The summed E-state index contributed by atoms with van der Waals surface area (Å²) in [6.45, 7) is 13.7. The van der Waals surface area contributed by atoms with Gasteiger partial charge in [0, 0.05) is 28.5 Å². The Balaban J connectivity index is 2.00. The highest BCUT2D eigenvalue weighted by Gasteiger charge is 2.61. The lowest BCUT2D eigenvalue weighted by atomic mass is 9.84. The van der Waals surface area contributed by atoms with Gasteiger partial charge >= 0.3 is 11.7 Å². The molecule has 0 N–H and O–H groups in total. The van der Waals surface area contributed by atoms with E-state index in [0.717, 1.165) is 0 Å². The minimum absolute atomic E-state index is 0.0692. The van der Waals surface area contributed by atoms with Crippen LogP contribution in [0, 0.1) is 10.4 Å². The summed E-state index contributed by atoms with van der Waals surface area (Å²) in [4.78, 5) is 4.07. The second kappa shape index (κ2) is 6.71. The van der Waals surface area contributed by atoms with Gasteiger partial charge in [0.25, 0.3) is 0 Å². The molecule has 0 saturated carbocycles. The third kappa shape index (κ3) is 2.83. The molecule has 0 unspecified atom stereocenters. The molecule has 0 spiro atoms. The molecule has 2 aliphatic heterocycles. The molecule has 1 aromatic carbocycles. The van der Waals surface area contributed by atoms with E-state index in [1.54, 1.807) is 96.9 Å². The van der Waals surface area contributed by atoms with Gasteiger partial charge in [0.05, 0.1) is 17.5 Å². The Morgan fingerprint density at radius 1 is 0.758 bits per heavy atom. The number of nitrogens with zero attached hydrogens (tertiary/aromatic N) is 6. The molecule has 2 aliphatic rings. The average Bonchev–Trinajstić information content (AvgIpc) is 3.33. The van der Waals surface area contributed by atoms with Crippen molar-refractivity contribution in [2.24, 2.45) is 0 Å². The minimum atomic E-state index is -1.01. The molecule has 10 nitrogen and oxygen atoms in total. The predicted octanol–water partition coefficient (Wildman–Crippen LogP) is 2.82. The van der Waals surface area contributed by atoms with Crippen molar-refractivity contribution < 1.29 is 19.9 Å². The maximum Gasteiger partial charge on any atom is 0.316 e. The zero-order chi connectivity index (χ0) is 24.7. The number of aromatic nitrogens is 2. The molecule has 2 aromatic rings. The van der Waals surface area contributed by atoms with Crippen LogP contribution >= 0.6 is 0 Å². The Morgan fingerprint density at radius 3 is 1.48 bits per heavy atom. The number of hydrogen-bond donors (Lipinski definition) is 0. The molecule has 10 heteroatoms. The van der Waals surface area contributed by atoms with Crippen molar-refractivity contribution in [2.75, 3.05) is 0 Å². The summed E-state index contributed by atoms with van der Waals surface area (Å²) in [6.07, 6.45) is 4.87. The molecule has 0 saturated heterocycles. The Hall–Kier alpha value is -3.11. The molecule has 176 valence electrons. The van der Waals surface area contributed by atoms with Crippen LogP contribution in [0.2, 0.25) is 0 Å². The Kier molecular flexibility index (Phi) is 4.69. The van der Waals surface area contributed by atoms with Gasteiger partial charge < -0.3 is 15.0 Å². The van der Waals surface area contributed by atoms with E-state index in [1.165, 1.54) is 0 Å². The van der Waals surface area contributed by atoms with E-state index in [0.29, 0.717) is 36.4 Å². The van der Waals surface area contributed by atoms with Crippen molar-refractivity contribution in [1.82, 2.24) is 19.7 Å². The first-order valence-corrected chi connectivity index (χ1v) is 10.8. The van der Waals surface area contributed by atoms with Gasteiger partial charge in [-0.05, 0) is 73.6 Å².